The molecule has 0 atom stereocenters. The van der Waals surface area contributed by atoms with E-state index in [1.54, 1.807) is 19.2 Å². The van der Waals surface area contributed by atoms with Gasteiger partial charge in [-0.25, -0.2) is 4.98 Å². The minimum atomic E-state index is -0.414. The van der Waals surface area contributed by atoms with Crippen molar-refractivity contribution in [1.82, 2.24) is 24.5 Å². The zero-order valence-corrected chi connectivity index (χ0v) is 17.0. The number of nitrogens with zero attached hydrogens (tertiary/aromatic N) is 4. The van der Waals surface area contributed by atoms with Gasteiger partial charge in [-0.05, 0) is 19.9 Å². The Morgan fingerprint density at radius 3 is 2.57 bits per heavy atom. The number of aryl methyl sites for hydroxylation is 1. The molecule has 1 aromatic carbocycles. The number of pyridine rings is 1. The monoisotopic (exact) mass is 402 g/mol. The van der Waals surface area contributed by atoms with Gasteiger partial charge in [0, 0.05) is 42.8 Å². The highest BCUT2D eigenvalue weighted by atomic mass is 16.2. The van der Waals surface area contributed by atoms with E-state index >= 15 is 0 Å². The van der Waals surface area contributed by atoms with Gasteiger partial charge in [-0.2, -0.15) is 5.10 Å². The van der Waals surface area contributed by atoms with Crippen LogP contribution in [0.25, 0.3) is 16.9 Å². The van der Waals surface area contributed by atoms with Crippen LogP contribution in [0.1, 0.15) is 34.7 Å². The summed E-state index contributed by atoms with van der Waals surface area (Å²) in [6.45, 7) is 3.72. The first kappa shape index (κ1) is 19.4. The van der Waals surface area contributed by atoms with E-state index in [1.165, 1.54) is 10.9 Å². The van der Waals surface area contributed by atoms with Crippen molar-refractivity contribution in [1.29, 1.82) is 0 Å². The molecule has 0 radical (unpaired) electrons. The molecule has 0 fully saturated rings. The van der Waals surface area contributed by atoms with Crippen molar-refractivity contribution in [3.8, 4) is 11.3 Å². The zero-order valence-electron chi connectivity index (χ0n) is 17.0. The minimum Gasteiger partial charge on any atom is -0.350 e. The van der Waals surface area contributed by atoms with Gasteiger partial charge in [0.05, 0.1) is 17.5 Å². The van der Waals surface area contributed by atoms with Crippen molar-refractivity contribution in [2.45, 2.75) is 19.9 Å². The predicted octanol–water partition coefficient (Wildman–Crippen LogP) is 3.13. The van der Waals surface area contributed by atoms with Crippen molar-refractivity contribution < 1.29 is 9.59 Å². The maximum atomic E-state index is 12.9. The quantitative estimate of drug-likeness (QED) is 0.536. The number of amides is 2. The Bertz CT molecular complexity index is 1220. The smallest absolute Gasteiger partial charge is 0.274 e. The Morgan fingerprint density at radius 1 is 1.07 bits per heavy atom. The standard InChI is InChI=1S/C22H22N6O2/c1-14(2)24-21(29)17-12-23-27(3)20(17)22(30)25-16-9-10-28-13-18(26-19(28)11-16)15-7-5-4-6-8-15/h4-14H,1-3H3,(H,24,29)(H,25,30). The third-order valence-electron chi connectivity index (χ3n) is 4.61. The molecule has 0 bridgehead atoms. The van der Waals surface area contributed by atoms with Crippen molar-refractivity contribution in [3.63, 3.8) is 0 Å². The molecule has 4 aromatic rings. The van der Waals surface area contributed by atoms with Crippen LogP contribution in [0.5, 0.6) is 0 Å². The highest BCUT2D eigenvalue weighted by Gasteiger charge is 2.22. The maximum Gasteiger partial charge on any atom is 0.274 e. The number of benzene rings is 1. The highest BCUT2D eigenvalue weighted by Crippen LogP contribution is 2.21. The average Bonchev–Trinajstić information content (AvgIpc) is 3.31. The maximum absolute atomic E-state index is 12.9. The molecule has 2 N–H and O–H groups in total. The summed E-state index contributed by atoms with van der Waals surface area (Å²) in [6.07, 6.45) is 5.17. The van der Waals surface area contributed by atoms with Crippen molar-refractivity contribution in [2.24, 2.45) is 7.05 Å². The van der Waals surface area contributed by atoms with Gasteiger partial charge < -0.3 is 15.0 Å². The first-order chi connectivity index (χ1) is 14.4. The second-order valence-corrected chi connectivity index (χ2v) is 7.29. The van der Waals surface area contributed by atoms with Crippen LogP contribution in [0.15, 0.2) is 61.1 Å². The molecule has 0 unspecified atom stereocenters. The number of carbonyl (C=O) groups excluding carboxylic acids is 2. The molecule has 0 saturated heterocycles. The number of nitrogens with one attached hydrogen (secondary N) is 2. The first-order valence-electron chi connectivity index (χ1n) is 9.61. The van der Waals surface area contributed by atoms with Crippen LogP contribution in [0.2, 0.25) is 0 Å². The SMILES string of the molecule is CC(C)NC(=O)c1cnn(C)c1C(=O)Nc1ccn2cc(-c3ccccc3)nc2c1. The fourth-order valence-electron chi connectivity index (χ4n) is 3.21. The van der Waals surface area contributed by atoms with Gasteiger partial charge >= 0.3 is 0 Å². The van der Waals surface area contributed by atoms with Crippen LogP contribution in [0.3, 0.4) is 0 Å². The first-order valence-corrected chi connectivity index (χ1v) is 9.61. The van der Waals surface area contributed by atoms with Gasteiger partial charge in [-0.15, -0.1) is 0 Å². The molecule has 0 spiro atoms. The van der Waals surface area contributed by atoms with Crippen LogP contribution in [-0.4, -0.2) is 37.0 Å². The summed E-state index contributed by atoms with van der Waals surface area (Å²) in [7, 11) is 1.63. The molecule has 8 nitrogen and oxygen atoms in total. The Labute approximate surface area is 173 Å². The Balaban J connectivity index is 1.60. The van der Waals surface area contributed by atoms with Gasteiger partial charge in [0.1, 0.15) is 11.3 Å². The summed E-state index contributed by atoms with van der Waals surface area (Å²) >= 11 is 0. The highest BCUT2D eigenvalue weighted by molar-refractivity contribution is 6.11. The van der Waals surface area contributed by atoms with E-state index in [9.17, 15) is 9.59 Å². The van der Waals surface area contributed by atoms with Crippen LogP contribution in [0, 0.1) is 0 Å². The molecule has 0 aliphatic heterocycles. The Morgan fingerprint density at radius 2 is 1.83 bits per heavy atom. The lowest BCUT2D eigenvalue weighted by Crippen LogP contribution is -2.32. The van der Waals surface area contributed by atoms with Gasteiger partial charge in [0.2, 0.25) is 0 Å². The van der Waals surface area contributed by atoms with E-state index in [2.05, 4.69) is 20.7 Å². The van der Waals surface area contributed by atoms with E-state index < -0.39 is 5.91 Å². The Kier molecular flexibility index (Phi) is 5.05. The predicted molar refractivity (Wildman–Crippen MR) is 114 cm³/mol. The van der Waals surface area contributed by atoms with Gasteiger partial charge in [0.25, 0.3) is 11.8 Å². The minimum absolute atomic E-state index is 0.0460. The number of carbonyl (C=O) groups is 2. The number of hydrogen-bond donors (Lipinski definition) is 2. The molecule has 0 aliphatic rings. The van der Waals surface area contributed by atoms with Crippen molar-refractivity contribution in [2.75, 3.05) is 5.32 Å². The van der Waals surface area contributed by atoms with Gasteiger partial charge in [-0.1, -0.05) is 30.3 Å². The average molecular weight is 402 g/mol. The molecule has 0 saturated carbocycles. The molecule has 8 heteroatoms. The molecule has 152 valence electrons. The molecule has 2 amide bonds. The summed E-state index contributed by atoms with van der Waals surface area (Å²) in [5.74, 6) is -0.748. The largest absolute Gasteiger partial charge is 0.350 e. The summed E-state index contributed by atoms with van der Waals surface area (Å²) in [5, 5.41) is 9.70. The van der Waals surface area contributed by atoms with Crippen molar-refractivity contribution in [3.05, 3.63) is 72.3 Å². The fraction of sp³-hybridized carbons (Fsp3) is 0.182. The molecule has 3 heterocycles. The van der Waals surface area contributed by atoms with Crippen LogP contribution in [0.4, 0.5) is 5.69 Å². The van der Waals surface area contributed by atoms with E-state index in [0.29, 0.717) is 11.3 Å². The molecular weight excluding hydrogens is 380 g/mol. The fourth-order valence-corrected chi connectivity index (χ4v) is 3.21. The molecule has 3 aromatic heterocycles. The van der Waals surface area contributed by atoms with Gasteiger partial charge in [0.15, 0.2) is 0 Å². The third-order valence-corrected chi connectivity index (χ3v) is 4.61. The number of hydrogen-bond acceptors (Lipinski definition) is 4. The van der Waals surface area contributed by atoms with E-state index in [-0.39, 0.29) is 23.2 Å². The lowest BCUT2D eigenvalue weighted by atomic mass is 10.2. The summed E-state index contributed by atoms with van der Waals surface area (Å²) in [4.78, 5) is 29.9. The number of anilines is 1. The topological polar surface area (TPSA) is 93.3 Å². The molecule has 30 heavy (non-hydrogen) atoms. The number of aromatic nitrogens is 4. The second-order valence-electron chi connectivity index (χ2n) is 7.29. The van der Waals surface area contributed by atoms with Crippen molar-refractivity contribution >= 4 is 23.1 Å². The van der Waals surface area contributed by atoms with Crippen LogP contribution >= 0.6 is 0 Å². The van der Waals surface area contributed by atoms with Gasteiger partial charge in [-0.3, -0.25) is 14.3 Å². The van der Waals surface area contributed by atoms with Crippen LogP contribution in [-0.2, 0) is 7.05 Å². The number of imidazole rings is 1. The lowest BCUT2D eigenvalue weighted by molar-refractivity contribution is 0.0929. The Hall–Kier alpha value is -3.94. The summed E-state index contributed by atoms with van der Waals surface area (Å²) < 4.78 is 3.29. The normalized spacial score (nSPS) is 11.1. The molecule has 4 rings (SSSR count). The zero-order chi connectivity index (χ0) is 21.3. The second kappa shape index (κ2) is 7.82. The van der Waals surface area contributed by atoms with Crippen LogP contribution < -0.4 is 10.6 Å². The summed E-state index contributed by atoms with van der Waals surface area (Å²) in [6, 6.07) is 13.4. The lowest BCUT2D eigenvalue weighted by Gasteiger charge is -2.10. The number of fused-ring (bicyclic) bond motifs is 1. The summed E-state index contributed by atoms with van der Waals surface area (Å²) in [5.41, 5.74) is 3.57. The third kappa shape index (κ3) is 3.80. The van der Waals surface area contributed by atoms with E-state index in [1.807, 2.05) is 61.0 Å². The number of rotatable bonds is 5. The molecular formula is C22H22N6O2. The van der Waals surface area contributed by atoms with E-state index in [4.69, 9.17) is 0 Å². The molecule has 0 aliphatic carbocycles. The van der Waals surface area contributed by atoms with E-state index in [0.717, 1.165) is 11.3 Å².